The highest BCUT2D eigenvalue weighted by molar-refractivity contribution is 5.56. The highest BCUT2D eigenvalue weighted by Crippen LogP contribution is 2.67. The van der Waals surface area contributed by atoms with Crippen LogP contribution in [0.4, 0.5) is 0 Å². The van der Waals surface area contributed by atoms with Crippen molar-refractivity contribution in [2.24, 2.45) is 34.5 Å². The van der Waals surface area contributed by atoms with E-state index in [9.17, 15) is 10.2 Å². The summed E-state index contributed by atoms with van der Waals surface area (Å²) in [7, 11) is 0. The highest BCUT2D eigenvalue weighted by Gasteiger charge is 2.61. The third kappa shape index (κ3) is 2.97. The largest absolute Gasteiger partial charge is 0.393 e. The molecular weight excluding hydrogens is 372 g/mol. The number of hydrogen-bond acceptors (Lipinski definition) is 3. The monoisotopic (exact) mass is 412 g/mol. The maximum atomic E-state index is 11.5. The van der Waals surface area contributed by atoms with Gasteiger partial charge in [-0.3, -0.25) is 4.68 Å². The van der Waals surface area contributed by atoms with E-state index >= 15 is 0 Å². The number of fused-ring (bicyclic) bond motifs is 5. The smallest absolute Gasteiger partial charge is 0.0809 e. The Morgan fingerprint density at radius 3 is 2.60 bits per heavy atom. The molecule has 4 nitrogen and oxygen atoms in total. The molecule has 4 aliphatic carbocycles. The first-order valence-corrected chi connectivity index (χ1v) is 12.4. The van der Waals surface area contributed by atoms with Crippen LogP contribution in [0.3, 0.4) is 0 Å². The molecule has 2 N–H and O–H groups in total. The van der Waals surface area contributed by atoms with Gasteiger partial charge < -0.3 is 10.2 Å². The fraction of sp³-hybridized carbons (Fsp3) is 0.808. The van der Waals surface area contributed by atoms with E-state index in [0.717, 1.165) is 49.8 Å². The van der Waals surface area contributed by atoms with E-state index in [1.165, 1.54) is 36.8 Å². The Labute approximate surface area is 181 Å². The number of aliphatic hydroxyl groups is 2. The van der Waals surface area contributed by atoms with Crippen LogP contribution >= 0.6 is 0 Å². The van der Waals surface area contributed by atoms with Gasteiger partial charge in [0.1, 0.15) is 0 Å². The molecule has 0 radical (unpaired) electrons. The number of rotatable bonds is 2. The van der Waals surface area contributed by atoms with E-state index in [1.807, 2.05) is 4.68 Å². The lowest BCUT2D eigenvalue weighted by atomic mass is 9.45. The molecule has 30 heavy (non-hydrogen) atoms. The van der Waals surface area contributed by atoms with E-state index in [4.69, 9.17) is 0 Å². The second-order valence-electron chi connectivity index (χ2n) is 11.5. The Morgan fingerprint density at radius 1 is 1.10 bits per heavy atom. The summed E-state index contributed by atoms with van der Waals surface area (Å²) < 4.78 is 1.99. The molecule has 166 valence electrons. The van der Waals surface area contributed by atoms with Crippen molar-refractivity contribution in [1.29, 1.82) is 0 Å². The standard InChI is InChI=1S/C26H40N2O2/c1-5-28-15-18(16(2)27-28)12-17-13-23-21-7-6-19-14-20(29)8-10-25(19,3)22(21)9-11-26(23,4)24(17)30/h12,15,19-24,29-30H,5-11,13-14H2,1-4H3/b17-12-/t19-,20-,21-,22+,23+,24-,25+,26+/m1/s1. The van der Waals surface area contributed by atoms with E-state index in [2.05, 4.69) is 45.1 Å². The highest BCUT2D eigenvalue weighted by atomic mass is 16.3. The lowest BCUT2D eigenvalue weighted by Gasteiger charge is -2.60. The first-order valence-electron chi connectivity index (χ1n) is 12.4. The van der Waals surface area contributed by atoms with Crippen molar-refractivity contribution in [3.8, 4) is 0 Å². The predicted molar refractivity (Wildman–Crippen MR) is 120 cm³/mol. The van der Waals surface area contributed by atoms with Gasteiger partial charge in [-0.1, -0.05) is 13.8 Å². The maximum Gasteiger partial charge on any atom is 0.0809 e. The summed E-state index contributed by atoms with van der Waals surface area (Å²) in [5.74, 6) is 2.76. The summed E-state index contributed by atoms with van der Waals surface area (Å²) in [6.07, 6.45) is 13.1. The number of aliphatic hydroxyl groups excluding tert-OH is 2. The van der Waals surface area contributed by atoms with Gasteiger partial charge in [0.25, 0.3) is 0 Å². The van der Waals surface area contributed by atoms with Crippen LogP contribution in [0.1, 0.15) is 83.4 Å². The van der Waals surface area contributed by atoms with Crippen LogP contribution in [0.2, 0.25) is 0 Å². The van der Waals surface area contributed by atoms with Crippen LogP contribution < -0.4 is 0 Å². The fourth-order valence-corrected chi connectivity index (χ4v) is 8.27. The molecule has 0 aromatic carbocycles. The molecule has 4 saturated carbocycles. The first-order chi connectivity index (χ1) is 14.3. The average molecular weight is 413 g/mol. The Balaban J connectivity index is 1.44. The molecule has 0 aliphatic heterocycles. The Kier molecular flexibility index (Phi) is 4.98. The van der Waals surface area contributed by atoms with Crippen molar-refractivity contribution in [2.75, 3.05) is 0 Å². The molecule has 4 heteroatoms. The molecule has 8 atom stereocenters. The van der Waals surface area contributed by atoms with E-state index in [1.54, 1.807) is 0 Å². The summed E-state index contributed by atoms with van der Waals surface area (Å²) in [5, 5.41) is 26.3. The predicted octanol–water partition coefficient (Wildman–Crippen LogP) is 4.97. The zero-order chi connectivity index (χ0) is 21.3. The lowest BCUT2D eigenvalue weighted by Crippen LogP contribution is -2.54. The van der Waals surface area contributed by atoms with Gasteiger partial charge in [0.05, 0.1) is 17.9 Å². The Bertz CT molecular complexity index is 844. The lowest BCUT2D eigenvalue weighted by molar-refractivity contribution is -0.133. The van der Waals surface area contributed by atoms with Crippen molar-refractivity contribution in [2.45, 2.75) is 97.8 Å². The van der Waals surface area contributed by atoms with Crippen LogP contribution in [-0.4, -0.2) is 32.2 Å². The van der Waals surface area contributed by atoms with Crippen molar-refractivity contribution < 1.29 is 10.2 Å². The number of nitrogens with zero attached hydrogens (tertiary/aromatic N) is 2. The summed E-state index contributed by atoms with van der Waals surface area (Å²) >= 11 is 0. The number of hydrogen-bond donors (Lipinski definition) is 2. The summed E-state index contributed by atoms with van der Waals surface area (Å²) in [4.78, 5) is 0. The van der Waals surface area contributed by atoms with Gasteiger partial charge in [-0.05, 0) is 106 Å². The van der Waals surface area contributed by atoms with Gasteiger partial charge in [0, 0.05) is 23.7 Å². The molecule has 0 amide bonds. The van der Waals surface area contributed by atoms with Crippen molar-refractivity contribution in [3.05, 3.63) is 23.0 Å². The topological polar surface area (TPSA) is 58.3 Å². The SMILES string of the molecule is CCn1cc(/C=C2/C[C@H]3[C@@H]4CC[C@@H]5C[C@H](O)CC[C@]5(C)[C@H]4CC[C@]3(C)[C@@H]2O)c(C)n1. The third-order valence-corrected chi connectivity index (χ3v) is 10.2. The van der Waals surface area contributed by atoms with Crippen LogP contribution in [0, 0.1) is 41.4 Å². The first kappa shape index (κ1) is 20.8. The fourth-order valence-electron chi connectivity index (χ4n) is 8.27. The Hall–Kier alpha value is -1.13. The molecule has 4 aliphatic rings. The molecule has 1 heterocycles. The second-order valence-corrected chi connectivity index (χ2v) is 11.5. The third-order valence-electron chi connectivity index (χ3n) is 10.2. The van der Waals surface area contributed by atoms with Gasteiger partial charge in [-0.15, -0.1) is 0 Å². The molecule has 0 unspecified atom stereocenters. The molecule has 5 rings (SSSR count). The minimum absolute atomic E-state index is 0.0129. The van der Waals surface area contributed by atoms with Gasteiger partial charge in [-0.2, -0.15) is 5.10 Å². The van der Waals surface area contributed by atoms with Crippen LogP contribution in [0.25, 0.3) is 6.08 Å². The molecule has 0 saturated heterocycles. The quantitative estimate of drug-likeness (QED) is 0.721. The van der Waals surface area contributed by atoms with Crippen LogP contribution in [0.5, 0.6) is 0 Å². The molecule has 1 aromatic heterocycles. The number of aromatic nitrogens is 2. The number of aryl methyl sites for hydroxylation is 2. The molecular formula is C26H40N2O2. The van der Waals surface area contributed by atoms with Gasteiger partial charge >= 0.3 is 0 Å². The molecule has 0 spiro atoms. The Morgan fingerprint density at radius 2 is 1.87 bits per heavy atom. The van der Waals surface area contributed by atoms with Crippen molar-refractivity contribution in [3.63, 3.8) is 0 Å². The van der Waals surface area contributed by atoms with Gasteiger partial charge in [0.15, 0.2) is 0 Å². The average Bonchev–Trinajstić information content (AvgIpc) is 3.20. The minimum atomic E-state index is -0.327. The molecule has 4 fully saturated rings. The van der Waals surface area contributed by atoms with Gasteiger partial charge in [-0.25, -0.2) is 0 Å². The van der Waals surface area contributed by atoms with E-state index < -0.39 is 0 Å². The second kappa shape index (κ2) is 7.20. The zero-order valence-corrected chi connectivity index (χ0v) is 19.3. The molecule has 1 aromatic rings. The summed E-state index contributed by atoms with van der Waals surface area (Å²) in [6, 6.07) is 0. The van der Waals surface area contributed by atoms with Crippen LogP contribution in [-0.2, 0) is 6.54 Å². The van der Waals surface area contributed by atoms with Crippen molar-refractivity contribution >= 4 is 6.08 Å². The maximum absolute atomic E-state index is 11.5. The van der Waals surface area contributed by atoms with E-state index in [-0.39, 0.29) is 17.6 Å². The normalized spacial score (nSPS) is 47.1. The van der Waals surface area contributed by atoms with E-state index in [0.29, 0.717) is 17.3 Å². The molecule has 0 bridgehead atoms. The van der Waals surface area contributed by atoms with Gasteiger partial charge in [0.2, 0.25) is 0 Å². The minimum Gasteiger partial charge on any atom is -0.393 e. The van der Waals surface area contributed by atoms with Crippen LogP contribution in [0.15, 0.2) is 11.8 Å². The zero-order valence-electron chi connectivity index (χ0n) is 19.3. The summed E-state index contributed by atoms with van der Waals surface area (Å²) in [6.45, 7) is 9.97. The van der Waals surface area contributed by atoms with Crippen molar-refractivity contribution in [1.82, 2.24) is 9.78 Å². The summed E-state index contributed by atoms with van der Waals surface area (Å²) in [5.41, 5.74) is 3.86.